The van der Waals surface area contributed by atoms with Gasteiger partial charge >= 0.3 is 0 Å². The van der Waals surface area contributed by atoms with E-state index < -0.39 is 6.10 Å². The van der Waals surface area contributed by atoms with Crippen LogP contribution in [-0.4, -0.2) is 50.1 Å². The molecular formula is C14H20BrN3O2. The van der Waals surface area contributed by atoms with Gasteiger partial charge in [-0.3, -0.25) is 4.79 Å². The molecule has 1 unspecified atom stereocenters. The number of carbonyl (C=O) groups excluding carboxylic acids is 1. The second-order valence-electron chi connectivity index (χ2n) is 5.36. The Kier molecular flexibility index (Phi) is 4.67. The number of amides is 1. The number of hydrogen-bond acceptors (Lipinski definition) is 4. The molecule has 2 rings (SSSR count). The van der Waals surface area contributed by atoms with Crippen LogP contribution in [0.3, 0.4) is 0 Å². The van der Waals surface area contributed by atoms with E-state index in [1.165, 1.54) is 0 Å². The molecule has 1 aliphatic heterocycles. The number of fused-ring (bicyclic) bond motifs is 1. The first-order chi connectivity index (χ1) is 9.40. The summed E-state index contributed by atoms with van der Waals surface area (Å²) in [4.78, 5) is 15.8. The number of halogens is 1. The van der Waals surface area contributed by atoms with E-state index in [1.807, 2.05) is 19.2 Å². The fourth-order valence-electron chi connectivity index (χ4n) is 2.29. The first kappa shape index (κ1) is 15.3. The predicted molar refractivity (Wildman–Crippen MR) is 84.2 cm³/mol. The molecule has 6 heteroatoms. The zero-order valence-corrected chi connectivity index (χ0v) is 13.6. The predicted octanol–water partition coefficient (Wildman–Crippen LogP) is 1.82. The quantitative estimate of drug-likeness (QED) is 0.857. The highest BCUT2D eigenvalue weighted by Gasteiger charge is 2.29. The van der Waals surface area contributed by atoms with Crippen LogP contribution in [0.2, 0.25) is 0 Å². The van der Waals surface area contributed by atoms with Crippen LogP contribution in [0.4, 0.5) is 11.4 Å². The molecular weight excluding hydrogens is 322 g/mol. The maximum atomic E-state index is 11.5. The minimum absolute atomic E-state index is 0.362. The average Bonchev–Trinajstić information content (AvgIpc) is 2.64. The summed E-state index contributed by atoms with van der Waals surface area (Å²) in [7, 11) is 6.14. The fourth-order valence-corrected chi connectivity index (χ4v) is 2.95. The maximum Gasteiger partial charge on any atom is 0.257 e. The van der Waals surface area contributed by atoms with Crippen LogP contribution >= 0.6 is 15.9 Å². The lowest BCUT2D eigenvalue weighted by atomic mass is 10.1. The van der Waals surface area contributed by atoms with Gasteiger partial charge in [0.05, 0.1) is 5.69 Å². The number of rotatable bonds is 5. The molecule has 0 aliphatic carbocycles. The van der Waals surface area contributed by atoms with Crippen LogP contribution in [-0.2, 0) is 4.79 Å². The zero-order chi connectivity index (χ0) is 14.9. The molecule has 1 heterocycles. The number of hydrogen-bond donors (Lipinski definition) is 2. The Morgan fingerprint density at radius 3 is 2.65 bits per heavy atom. The number of aliphatic hydroxyl groups is 1. The van der Waals surface area contributed by atoms with Crippen molar-refractivity contribution in [3.8, 4) is 0 Å². The molecule has 2 N–H and O–H groups in total. The molecule has 1 atom stereocenters. The molecule has 0 bridgehead atoms. The highest BCUT2D eigenvalue weighted by Crippen LogP contribution is 2.38. The first-order valence-electron chi connectivity index (χ1n) is 6.58. The van der Waals surface area contributed by atoms with Crippen molar-refractivity contribution in [3.63, 3.8) is 0 Å². The summed E-state index contributed by atoms with van der Waals surface area (Å²) in [5.41, 5.74) is 2.34. The van der Waals surface area contributed by atoms with Gasteiger partial charge in [0, 0.05) is 29.3 Å². The topological polar surface area (TPSA) is 55.8 Å². The Labute approximate surface area is 127 Å². The Bertz CT molecular complexity index is 519. The van der Waals surface area contributed by atoms with E-state index in [9.17, 15) is 9.90 Å². The Balaban J connectivity index is 2.13. The van der Waals surface area contributed by atoms with Crippen LogP contribution in [0.25, 0.3) is 0 Å². The van der Waals surface area contributed by atoms with Gasteiger partial charge in [-0.05, 0) is 55.1 Å². The maximum absolute atomic E-state index is 11.5. The summed E-state index contributed by atoms with van der Waals surface area (Å²) in [6.07, 6.45) is -0.00319. The van der Waals surface area contributed by atoms with E-state index in [-0.39, 0.29) is 5.91 Å². The molecule has 20 heavy (non-hydrogen) atoms. The van der Waals surface area contributed by atoms with E-state index in [2.05, 4.69) is 45.1 Å². The third kappa shape index (κ3) is 3.13. The molecule has 0 fully saturated rings. The van der Waals surface area contributed by atoms with Crippen LogP contribution < -0.4 is 10.2 Å². The molecule has 1 aromatic rings. The van der Waals surface area contributed by atoms with Crippen molar-refractivity contribution in [2.45, 2.75) is 12.5 Å². The lowest BCUT2D eigenvalue weighted by Gasteiger charge is -2.22. The van der Waals surface area contributed by atoms with E-state index >= 15 is 0 Å². The third-order valence-corrected chi connectivity index (χ3v) is 4.07. The monoisotopic (exact) mass is 341 g/mol. The van der Waals surface area contributed by atoms with Crippen molar-refractivity contribution in [1.29, 1.82) is 0 Å². The second kappa shape index (κ2) is 6.11. The van der Waals surface area contributed by atoms with Crippen LogP contribution in [0, 0.1) is 0 Å². The average molecular weight is 342 g/mol. The number of aliphatic hydroxyl groups excluding tert-OH is 1. The molecule has 110 valence electrons. The molecule has 5 nitrogen and oxygen atoms in total. The SMILES string of the molecule is CN(C)CCCN(C)c1cc2c(cc1Br)C(O)C(=O)N2. The van der Waals surface area contributed by atoms with Gasteiger partial charge in [-0.25, -0.2) is 0 Å². The highest BCUT2D eigenvalue weighted by molar-refractivity contribution is 9.10. The lowest BCUT2D eigenvalue weighted by molar-refractivity contribution is -0.123. The molecule has 0 saturated heterocycles. The van der Waals surface area contributed by atoms with Crippen LogP contribution in [0.1, 0.15) is 18.1 Å². The van der Waals surface area contributed by atoms with Crippen molar-refractivity contribution in [2.24, 2.45) is 0 Å². The zero-order valence-electron chi connectivity index (χ0n) is 12.0. The van der Waals surface area contributed by atoms with Crippen molar-refractivity contribution in [3.05, 3.63) is 22.2 Å². The van der Waals surface area contributed by atoms with E-state index in [1.54, 1.807) is 0 Å². The normalized spacial score (nSPS) is 17.3. The van der Waals surface area contributed by atoms with Crippen molar-refractivity contribution < 1.29 is 9.90 Å². The smallest absolute Gasteiger partial charge is 0.257 e. The van der Waals surface area contributed by atoms with E-state index in [4.69, 9.17) is 0 Å². The summed E-state index contributed by atoms with van der Waals surface area (Å²) < 4.78 is 0.888. The highest BCUT2D eigenvalue weighted by atomic mass is 79.9. The summed E-state index contributed by atoms with van der Waals surface area (Å²) in [5, 5.41) is 12.5. The third-order valence-electron chi connectivity index (χ3n) is 3.43. The largest absolute Gasteiger partial charge is 0.378 e. The van der Waals surface area contributed by atoms with Gasteiger partial charge in [0.1, 0.15) is 0 Å². The van der Waals surface area contributed by atoms with Gasteiger partial charge in [-0.2, -0.15) is 0 Å². The first-order valence-corrected chi connectivity index (χ1v) is 7.37. The Morgan fingerprint density at radius 1 is 1.30 bits per heavy atom. The number of nitrogens with one attached hydrogen (secondary N) is 1. The van der Waals surface area contributed by atoms with Gasteiger partial charge in [0.25, 0.3) is 5.91 Å². The van der Waals surface area contributed by atoms with Crippen LogP contribution in [0.15, 0.2) is 16.6 Å². The van der Waals surface area contributed by atoms with Gasteiger partial charge in [0.2, 0.25) is 0 Å². The number of benzene rings is 1. The molecule has 0 aromatic heterocycles. The van der Waals surface area contributed by atoms with E-state index in [0.29, 0.717) is 11.3 Å². The van der Waals surface area contributed by atoms with E-state index in [0.717, 1.165) is 29.7 Å². The number of nitrogens with zero attached hydrogens (tertiary/aromatic N) is 2. The molecule has 1 aromatic carbocycles. The van der Waals surface area contributed by atoms with Crippen molar-refractivity contribution in [1.82, 2.24) is 4.90 Å². The molecule has 1 amide bonds. The number of carbonyl (C=O) groups is 1. The summed E-state index contributed by atoms with van der Waals surface area (Å²) in [6, 6.07) is 3.72. The van der Waals surface area contributed by atoms with Gasteiger partial charge in [-0.15, -0.1) is 0 Å². The molecule has 1 aliphatic rings. The molecule has 0 radical (unpaired) electrons. The summed E-state index contributed by atoms with van der Waals surface area (Å²) in [5.74, 6) is -0.362. The van der Waals surface area contributed by atoms with Crippen molar-refractivity contribution in [2.75, 3.05) is 44.4 Å². The van der Waals surface area contributed by atoms with Crippen LogP contribution in [0.5, 0.6) is 0 Å². The summed E-state index contributed by atoms with van der Waals surface area (Å²) in [6.45, 7) is 1.95. The Morgan fingerprint density at radius 2 is 2.00 bits per heavy atom. The van der Waals surface area contributed by atoms with Gasteiger partial charge in [0.15, 0.2) is 6.10 Å². The van der Waals surface area contributed by atoms with Crippen molar-refractivity contribution >= 4 is 33.2 Å². The molecule has 0 spiro atoms. The second-order valence-corrected chi connectivity index (χ2v) is 6.22. The molecule has 0 saturated carbocycles. The van der Waals surface area contributed by atoms with Gasteiger partial charge < -0.3 is 20.2 Å². The Hall–Kier alpha value is -1.11. The lowest BCUT2D eigenvalue weighted by Crippen LogP contribution is -2.23. The standard InChI is InChI=1S/C14H20BrN3O2/c1-17(2)5-4-6-18(3)12-8-11-9(7-10(12)15)13(19)14(20)16-11/h7-8,13,19H,4-6H2,1-3H3,(H,16,20). The minimum Gasteiger partial charge on any atom is -0.378 e. The van der Waals surface area contributed by atoms with Gasteiger partial charge in [-0.1, -0.05) is 0 Å². The minimum atomic E-state index is -1.06. The fraction of sp³-hybridized carbons (Fsp3) is 0.500. The number of anilines is 2. The summed E-state index contributed by atoms with van der Waals surface area (Å²) >= 11 is 3.52.